The third kappa shape index (κ3) is 5.35. The van der Waals surface area contributed by atoms with Crippen LogP contribution < -0.4 is 5.32 Å². The van der Waals surface area contributed by atoms with Gasteiger partial charge in [-0.05, 0) is 33.8 Å². The number of hydrogen-bond donors (Lipinski definition) is 1. The second kappa shape index (κ2) is 7.48. The molecule has 0 spiro atoms. The van der Waals surface area contributed by atoms with Gasteiger partial charge in [0.2, 0.25) is 0 Å². The highest BCUT2D eigenvalue weighted by atomic mass is 16.3. The molecule has 0 bridgehead atoms. The average molecular weight is 239 g/mol. The molecular formula is C13H25N3O. The Morgan fingerprint density at radius 2 is 2.00 bits per heavy atom. The molecule has 1 aromatic rings. The number of nitrogens with one attached hydrogen (secondary N) is 1. The first-order chi connectivity index (χ1) is 8.13. The van der Waals surface area contributed by atoms with Gasteiger partial charge in [-0.3, -0.25) is 4.90 Å². The Labute approximate surface area is 105 Å². The van der Waals surface area contributed by atoms with E-state index >= 15 is 0 Å². The molecule has 0 saturated carbocycles. The van der Waals surface area contributed by atoms with E-state index in [0.29, 0.717) is 0 Å². The summed E-state index contributed by atoms with van der Waals surface area (Å²) in [6.45, 7) is 6.99. The minimum atomic E-state index is 0.877. The smallest absolute Gasteiger partial charge is 0.122 e. The summed E-state index contributed by atoms with van der Waals surface area (Å²) < 4.78 is 5.54. The zero-order chi connectivity index (χ0) is 12.7. The quantitative estimate of drug-likeness (QED) is 0.743. The predicted octanol–water partition coefficient (Wildman–Crippen LogP) is 1.38. The summed E-state index contributed by atoms with van der Waals surface area (Å²) in [5.74, 6) is 1.08. The molecule has 98 valence electrons. The largest absolute Gasteiger partial charge is 0.468 e. The number of furan rings is 1. The second-order valence-electron chi connectivity index (χ2n) is 4.69. The molecule has 17 heavy (non-hydrogen) atoms. The van der Waals surface area contributed by atoms with Crippen LogP contribution >= 0.6 is 0 Å². The molecule has 0 aliphatic rings. The van der Waals surface area contributed by atoms with Crippen molar-refractivity contribution in [1.82, 2.24) is 15.1 Å². The van der Waals surface area contributed by atoms with Crippen LogP contribution in [0.5, 0.6) is 0 Å². The van der Waals surface area contributed by atoms with Crippen molar-refractivity contribution in [3.8, 4) is 0 Å². The molecule has 0 aliphatic carbocycles. The molecule has 0 aliphatic heterocycles. The molecule has 1 N–H and O–H groups in total. The SMILES string of the molecule is CCNCc1ccoc1CN(C)CCN(C)C. The van der Waals surface area contributed by atoms with Crippen LogP contribution in [0.1, 0.15) is 18.2 Å². The van der Waals surface area contributed by atoms with Crippen LogP contribution in [0.3, 0.4) is 0 Å². The molecule has 0 unspecified atom stereocenters. The van der Waals surface area contributed by atoms with E-state index < -0.39 is 0 Å². The zero-order valence-corrected chi connectivity index (χ0v) is 11.5. The van der Waals surface area contributed by atoms with Crippen molar-refractivity contribution in [1.29, 1.82) is 0 Å². The lowest BCUT2D eigenvalue weighted by molar-refractivity contribution is 0.257. The van der Waals surface area contributed by atoms with Crippen molar-refractivity contribution in [3.05, 3.63) is 23.7 Å². The van der Waals surface area contributed by atoms with E-state index in [4.69, 9.17) is 4.42 Å². The Balaban J connectivity index is 2.41. The van der Waals surface area contributed by atoms with Crippen LogP contribution in [-0.4, -0.2) is 50.6 Å². The Kier molecular flexibility index (Phi) is 6.26. The van der Waals surface area contributed by atoms with E-state index in [1.165, 1.54) is 5.56 Å². The van der Waals surface area contributed by atoms with Gasteiger partial charge in [0.1, 0.15) is 5.76 Å². The molecule has 0 saturated heterocycles. The maximum atomic E-state index is 5.54. The third-order valence-corrected chi connectivity index (χ3v) is 2.75. The molecule has 0 atom stereocenters. The lowest BCUT2D eigenvalue weighted by Gasteiger charge is -2.18. The summed E-state index contributed by atoms with van der Waals surface area (Å²) in [7, 11) is 6.32. The first kappa shape index (κ1) is 14.2. The molecular weight excluding hydrogens is 214 g/mol. The molecule has 0 fully saturated rings. The molecule has 4 heteroatoms. The highest BCUT2D eigenvalue weighted by Crippen LogP contribution is 2.12. The Hall–Kier alpha value is -0.840. The van der Waals surface area contributed by atoms with Crippen LogP contribution in [0.2, 0.25) is 0 Å². The molecule has 1 rings (SSSR count). The van der Waals surface area contributed by atoms with Crippen LogP contribution in [0.15, 0.2) is 16.7 Å². The van der Waals surface area contributed by atoms with Crippen LogP contribution in [0.25, 0.3) is 0 Å². The number of hydrogen-bond acceptors (Lipinski definition) is 4. The number of nitrogens with zero attached hydrogens (tertiary/aromatic N) is 2. The molecule has 1 aromatic heterocycles. The van der Waals surface area contributed by atoms with Crippen molar-refractivity contribution >= 4 is 0 Å². The minimum absolute atomic E-state index is 0.877. The maximum absolute atomic E-state index is 5.54. The van der Waals surface area contributed by atoms with Gasteiger partial charge in [0.25, 0.3) is 0 Å². The molecule has 0 aromatic carbocycles. The molecule has 4 nitrogen and oxygen atoms in total. The van der Waals surface area contributed by atoms with Gasteiger partial charge in [0.15, 0.2) is 0 Å². The topological polar surface area (TPSA) is 31.7 Å². The fraction of sp³-hybridized carbons (Fsp3) is 0.692. The fourth-order valence-corrected chi connectivity index (χ4v) is 1.62. The van der Waals surface area contributed by atoms with Gasteiger partial charge < -0.3 is 14.6 Å². The maximum Gasteiger partial charge on any atom is 0.122 e. The highest BCUT2D eigenvalue weighted by Gasteiger charge is 2.08. The lowest BCUT2D eigenvalue weighted by atomic mass is 10.2. The molecule has 0 radical (unpaired) electrons. The summed E-state index contributed by atoms with van der Waals surface area (Å²) in [5.41, 5.74) is 1.27. The van der Waals surface area contributed by atoms with E-state index in [-0.39, 0.29) is 0 Å². The Morgan fingerprint density at radius 1 is 1.24 bits per heavy atom. The highest BCUT2D eigenvalue weighted by molar-refractivity contribution is 5.16. The van der Waals surface area contributed by atoms with E-state index in [2.05, 4.69) is 49.2 Å². The van der Waals surface area contributed by atoms with Crippen molar-refractivity contribution in [2.75, 3.05) is 40.8 Å². The van der Waals surface area contributed by atoms with Crippen molar-refractivity contribution in [2.24, 2.45) is 0 Å². The Morgan fingerprint density at radius 3 is 2.65 bits per heavy atom. The zero-order valence-electron chi connectivity index (χ0n) is 11.5. The van der Waals surface area contributed by atoms with Crippen LogP contribution in [0.4, 0.5) is 0 Å². The first-order valence-electron chi connectivity index (χ1n) is 6.22. The summed E-state index contributed by atoms with van der Waals surface area (Å²) in [5, 5.41) is 3.33. The summed E-state index contributed by atoms with van der Waals surface area (Å²) >= 11 is 0. The number of rotatable bonds is 8. The van der Waals surface area contributed by atoms with Gasteiger partial charge in [-0.2, -0.15) is 0 Å². The van der Waals surface area contributed by atoms with Crippen molar-refractivity contribution < 1.29 is 4.42 Å². The Bertz CT molecular complexity index is 309. The first-order valence-corrected chi connectivity index (χ1v) is 6.22. The van der Waals surface area contributed by atoms with Crippen molar-refractivity contribution in [3.63, 3.8) is 0 Å². The number of likely N-dealkylation sites (N-methyl/N-ethyl adjacent to an activating group) is 2. The monoisotopic (exact) mass is 239 g/mol. The second-order valence-corrected chi connectivity index (χ2v) is 4.69. The van der Waals surface area contributed by atoms with E-state index in [1.807, 2.05) is 0 Å². The van der Waals surface area contributed by atoms with Gasteiger partial charge in [-0.25, -0.2) is 0 Å². The molecule has 1 heterocycles. The van der Waals surface area contributed by atoms with Gasteiger partial charge in [0.05, 0.1) is 12.8 Å². The normalized spacial score (nSPS) is 11.6. The van der Waals surface area contributed by atoms with E-state index in [0.717, 1.165) is 38.5 Å². The third-order valence-electron chi connectivity index (χ3n) is 2.75. The average Bonchev–Trinajstić information content (AvgIpc) is 2.71. The summed E-state index contributed by atoms with van der Waals surface area (Å²) in [6, 6.07) is 2.05. The minimum Gasteiger partial charge on any atom is -0.468 e. The summed E-state index contributed by atoms with van der Waals surface area (Å²) in [6.07, 6.45) is 1.78. The van der Waals surface area contributed by atoms with Crippen LogP contribution in [-0.2, 0) is 13.1 Å². The van der Waals surface area contributed by atoms with E-state index in [1.54, 1.807) is 6.26 Å². The standard InChI is InChI=1S/C13H25N3O/c1-5-14-10-12-6-9-17-13(12)11-16(4)8-7-15(2)3/h6,9,14H,5,7-8,10-11H2,1-4H3. The van der Waals surface area contributed by atoms with Crippen LogP contribution in [0, 0.1) is 0 Å². The summed E-state index contributed by atoms with van der Waals surface area (Å²) in [4.78, 5) is 4.48. The molecule has 0 amide bonds. The van der Waals surface area contributed by atoms with E-state index in [9.17, 15) is 0 Å². The van der Waals surface area contributed by atoms with Gasteiger partial charge >= 0.3 is 0 Å². The van der Waals surface area contributed by atoms with Gasteiger partial charge in [-0.15, -0.1) is 0 Å². The van der Waals surface area contributed by atoms with Gasteiger partial charge in [0, 0.05) is 25.2 Å². The lowest BCUT2D eigenvalue weighted by Crippen LogP contribution is -2.28. The van der Waals surface area contributed by atoms with Crippen molar-refractivity contribution in [2.45, 2.75) is 20.0 Å². The fourth-order valence-electron chi connectivity index (χ4n) is 1.62. The predicted molar refractivity (Wildman–Crippen MR) is 71.0 cm³/mol. The van der Waals surface area contributed by atoms with Gasteiger partial charge in [-0.1, -0.05) is 6.92 Å².